The zero-order valence-electron chi connectivity index (χ0n) is 12.0. The van der Waals surface area contributed by atoms with Crippen LogP contribution < -0.4 is 0 Å². The Kier molecular flexibility index (Phi) is 7.49. The molecule has 4 atom stereocenters. The van der Waals surface area contributed by atoms with Crippen LogP contribution in [0.15, 0.2) is 5.11 Å². The van der Waals surface area contributed by atoms with Crippen LogP contribution in [-0.2, 0) is 21.2 Å². The van der Waals surface area contributed by atoms with Gasteiger partial charge in [-0.2, -0.15) is 0 Å². The van der Waals surface area contributed by atoms with Crippen LogP contribution in [0.2, 0.25) is 0 Å². The van der Waals surface area contributed by atoms with E-state index in [9.17, 15) is 5.11 Å². The largest absolute Gasteiger partial charge is 0.391 e. The third-order valence-electron chi connectivity index (χ3n) is 4.47. The molecule has 2 saturated carbocycles. The van der Waals surface area contributed by atoms with Gasteiger partial charge in [-0.05, 0) is 30.8 Å². The molecule has 0 amide bonds. The number of rotatable bonds is 3. The van der Waals surface area contributed by atoms with Crippen molar-refractivity contribution in [3.63, 3.8) is 0 Å². The predicted molar refractivity (Wildman–Crippen MR) is 69.9 cm³/mol. The van der Waals surface area contributed by atoms with Crippen molar-refractivity contribution in [2.75, 3.05) is 14.2 Å². The molecule has 0 aromatic carbocycles. The molecular formula is C14H27N2NiO2+. The summed E-state index contributed by atoms with van der Waals surface area (Å²) in [5.41, 5.74) is 0. The fraction of sp³-hybridized carbons (Fsp3) is 1.00. The molecule has 114 valence electrons. The van der Waals surface area contributed by atoms with E-state index in [1.165, 1.54) is 19.3 Å². The number of nitrogens with zero attached hydrogens (tertiary/aromatic N) is 2. The standard InChI is InChI=1S/C14H27N2O2.Ni/c1-16(12-8-4-6-10-14(12)18-2)15-11-7-3-5-9-13(11)17;/h11-14,17H,3-10H2,1-2H3;/q+1;. The van der Waals surface area contributed by atoms with Crippen molar-refractivity contribution in [3.8, 4) is 0 Å². The first-order valence-corrected chi connectivity index (χ1v) is 7.37. The number of methoxy groups -OCH3 is 1. The molecule has 5 heteroatoms. The summed E-state index contributed by atoms with van der Waals surface area (Å²) in [6, 6.07) is 0.487. The third-order valence-corrected chi connectivity index (χ3v) is 4.47. The molecule has 2 rings (SSSR count). The van der Waals surface area contributed by atoms with Crippen molar-refractivity contribution >= 4 is 0 Å². The maximum Gasteiger partial charge on any atom is 0.203 e. The minimum absolute atomic E-state index is 0. The molecule has 0 aliphatic heterocycles. The van der Waals surface area contributed by atoms with Gasteiger partial charge in [0.05, 0.1) is 6.10 Å². The maximum atomic E-state index is 9.99. The van der Waals surface area contributed by atoms with Gasteiger partial charge in [0.1, 0.15) is 12.1 Å². The van der Waals surface area contributed by atoms with Crippen LogP contribution in [0.25, 0.3) is 0 Å². The Hall–Kier alpha value is 0.0135. The topological polar surface area (TPSA) is 44.8 Å². The van der Waals surface area contributed by atoms with E-state index < -0.39 is 0 Å². The Morgan fingerprint density at radius 1 is 1.05 bits per heavy atom. The Morgan fingerprint density at radius 2 is 1.68 bits per heavy atom. The van der Waals surface area contributed by atoms with E-state index in [0.29, 0.717) is 12.1 Å². The van der Waals surface area contributed by atoms with E-state index in [1.807, 2.05) is 7.05 Å². The molecule has 2 aliphatic carbocycles. The van der Waals surface area contributed by atoms with Gasteiger partial charge in [0, 0.05) is 30.0 Å². The van der Waals surface area contributed by atoms with Gasteiger partial charge in [-0.3, -0.25) is 0 Å². The van der Waals surface area contributed by atoms with Crippen LogP contribution in [0.5, 0.6) is 0 Å². The number of azo groups is 2. The van der Waals surface area contributed by atoms with Gasteiger partial charge in [-0.1, -0.05) is 19.3 Å². The Labute approximate surface area is 126 Å². The molecule has 1 N–H and O–H groups in total. The maximum absolute atomic E-state index is 9.99. The van der Waals surface area contributed by atoms with Gasteiger partial charge < -0.3 is 9.84 Å². The van der Waals surface area contributed by atoms with Crippen molar-refractivity contribution < 1.29 is 31.0 Å². The molecule has 0 bridgehead atoms. The first-order valence-electron chi connectivity index (χ1n) is 7.37. The molecule has 2 aliphatic rings. The second-order valence-electron chi connectivity index (χ2n) is 5.73. The number of hydrogen-bond donors (Lipinski definition) is 1. The zero-order chi connectivity index (χ0) is 13.0. The normalized spacial score (nSPS) is 36.7. The van der Waals surface area contributed by atoms with Crippen molar-refractivity contribution in [1.29, 1.82) is 0 Å². The van der Waals surface area contributed by atoms with Crippen molar-refractivity contribution in [2.45, 2.75) is 75.7 Å². The Balaban J connectivity index is 0.00000180. The summed E-state index contributed by atoms with van der Waals surface area (Å²) in [7, 11) is 3.84. The van der Waals surface area contributed by atoms with Crippen LogP contribution in [0.4, 0.5) is 0 Å². The molecule has 0 saturated heterocycles. The van der Waals surface area contributed by atoms with Crippen LogP contribution in [0.1, 0.15) is 51.4 Å². The molecular weight excluding hydrogens is 287 g/mol. The minimum Gasteiger partial charge on any atom is -0.391 e. The first-order chi connectivity index (χ1) is 8.72. The monoisotopic (exact) mass is 313 g/mol. The van der Waals surface area contributed by atoms with E-state index in [1.54, 1.807) is 7.11 Å². The molecule has 19 heavy (non-hydrogen) atoms. The van der Waals surface area contributed by atoms with E-state index in [0.717, 1.165) is 32.1 Å². The van der Waals surface area contributed by atoms with Gasteiger partial charge in [0.25, 0.3) is 0 Å². The van der Waals surface area contributed by atoms with E-state index >= 15 is 0 Å². The van der Waals surface area contributed by atoms with Gasteiger partial charge in [-0.15, -0.1) is 4.70 Å². The average molecular weight is 314 g/mol. The van der Waals surface area contributed by atoms with Crippen LogP contribution in [-0.4, -0.2) is 48.3 Å². The average Bonchev–Trinajstić information content (AvgIpc) is 2.41. The summed E-state index contributed by atoms with van der Waals surface area (Å²) < 4.78 is 7.65. The van der Waals surface area contributed by atoms with E-state index in [2.05, 4.69) is 4.70 Å². The zero-order valence-corrected chi connectivity index (χ0v) is 13.0. The quantitative estimate of drug-likeness (QED) is 0.494. The van der Waals surface area contributed by atoms with Crippen molar-refractivity contribution in [2.24, 2.45) is 5.11 Å². The van der Waals surface area contributed by atoms with Crippen LogP contribution in [0, 0.1) is 0 Å². The molecule has 0 aromatic rings. The van der Waals surface area contributed by atoms with Crippen LogP contribution in [0.3, 0.4) is 0 Å². The van der Waals surface area contributed by atoms with Gasteiger partial charge >= 0.3 is 0 Å². The fourth-order valence-corrected chi connectivity index (χ4v) is 3.33. The molecule has 0 radical (unpaired) electrons. The molecule has 0 spiro atoms. The van der Waals surface area contributed by atoms with Gasteiger partial charge in [0.15, 0.2) is 7.05 Å². The smallest absolute Gasteiger partial charge is 0.203 e. The summed E-state index contributed by atoms with van der Waals surface area (Å²) in [4.78, 5) is 0. The molecule has 4 unspecified atom stereocenters. The van der Waals surface area contributed by atoms with E-state index in [4.69, 9.17) is 9.85 Å². The summed E-state index contributed by atoms with van der Waals surface area (Å²) in [6.45, 7) is 0. The minimum atomic E-state index is -0.245. The molecule has 2 fully saturated rings. The summed E-state index contributed by atoms with van der Waals surface area (Å²) in [6.07, 6.45) is 9.12. The SMILES string of the molecule is COC1CCCCC1[N+](C)=NC1CCCCC1O.[Ni]. The molecule has 4 nitrogen and oxygen atoms in total. The number of likely N-dealkylation sites (N-methyl/N-ethyl adjacent to an activating group) is 1. The number of hydrogen-bond acceptors (Lipinski definition) is 3. The van der Waals surface area contributed by atoms with Crippen molar-refractivity contribution in [1.82, 2.24) is 0 Å². The fourth-order valence-electron chi connectivity index (χ4n) is 3.33. The van der Waals surface area contributed by atoms with Crippen molar-refractivity contribution in [3.05, 3.63) is 0 Å². The Bertz CT molecular complexity index is 299. The third kappa shape index (κ3) is 4.51. The number of aliphatic hydroxyl groups excluding tert-OH is 1. The molecule has 0 heterocycles. The van der Waals surface area contributed by atoms with Crippen LogP contribution >= 0.6 is 0 Å². The summed E-state index contributed by atoms with van der Waals surface area (Å²) in [5.74, 6) is 0. The first kappa shape index (κ1) is 17.1. The predicted octanol–water partition coefficient (Wildman–Crippen LogP) is 2.34. The summed E-state index contributed by atoms with van der Waals surface area (Å²) in [5, 5.41) is 14.7. The van der Waals surface area contributed by atoms with Gasteiger partial charge in [-0.25, -0.2) is 0 Å². The van der Waals surface area contributed by atoms with E-state index in [-0.39, 0.29) is 28.6 Å². The second-order valence-corrected chi connectivity index (χ2v) is 5.73. The second kappa shape index (κ2) is 8.33. The Morgan fingerprint density at radius 3 is 2.37 bits per heavy atom. The molecule has 0 aromatic heterocycles. The summed E-state index contributed by atoms with van der Waals surface area (Å²) >= 11 is 0. The number of ether oxygens (including phenoxy) is 1. The number of aliphatic hydroxyl groups is 1. The van der Waals surface area contributed by atoms with Gasteiger partial charge in [0.2, 0.25) is 6.04 Å².